The molecule has 0 aliphatic rings. The monoisotopic (exact) mass is 338 g/mol. The zero-order valence-electron chi connectivity index (χ0n) is 11.0. The van der Waals surface area contributed by atoms with Crippen molar-refractivity contribution in [2.45, 2.75) is 13.0 Å². The molecule has 1 heterocycles. The summed E-state index contributed by atoms with van der Waals surface area (Å²) in [6.07, 6.45) is 0.372. The van der Waals surface area contributed by atoms with Gasteiger partial charge in [0, 0.05) is 4.88 Å². The van der Waals surface area contributed by atoms with Crippen LogP contribution >= 0.6 is 34.5 Å². The van der Waals surface area contributed by atoms with Crippen molar-refractivity contribution < 1.29 is 4.74 Å². The third kappa shape index (κ3) is 4.29. The maximum atomic E-state index is 8.64. The van der Waals surface area contributed by atoms with Crippen LogP contribution in [0.4, 0.5) is 0 Å². The van der Waals surface area contributed by atoms with Gasteiger partial charge in [-0.3, -0.25) is 0 Å². The van der Waals surface area contributed by atoms with Crippen molar-refractivity contribution in [3.8, 4) is 6.07 Å². The van der Waals surface area contributed by atoms with Crippen molar-refractivity contribution in [1.29, 1.82) is 10.7 Å². The Morgan fingerprint density at radius 2 is 2.10 bits per heavy atom. The number of hydrogen-bond donors (Lipinski definition) is 1. The Bertz CT molecular complexity index is 691. The number of halogens is 2. The molecule has 0 saturated heterocycles. The highest BCUT2D eigenvalue weighted by molar-refractivity contribution is 7.14. The van der Waals surface area contributed by atoms with Crippen LogP contribution < -0.4 is 0 Å². The molecule has 2 aromatic rings. The lowest BCUT2D eigenvalue weighted by Crippen LogP contribution is -2.07. The molecule has 3 nitrogen and oxygen atoms in total. The fraction of sp³-hybridized carbons (Fsp3) is 0.200. The second kappa shape index (κ2) is 7.58. The Morgan fingerprint density at radius 1 is 1.29 bits per heavy atom. The number of hydrogen-bond acceptors (Lipinski definition) is 4. The first kappa shape index (κ1) is 16.0. The van der Waals surface area contributed by atoms with E-state index in [0.717, 1.165) is 15.3 Å². The van der Waals surface area contributed by atoms with Gasteiger partial charge in [0.25, 0.3) is 0 Å². The van der Waals surface area contributed by atoms with Crippen LogP contribution in [0.1, 0.15) is 15.3 Å². The highest BCUT2D eigenvalue weighted by Gasteiger charge is 2.08. The van der Waals surface area contributed by atoms with Gasteiger partial charge >= 0.3 is 0 Å². The number of thiophene rings is 1. The van der Waals surface area contributed by atoms with E-state index in [1.165, 1.54) is 11.3 Å². The van der Waals surface area contributed by atoms with Gasteiger partial charge in [0.15, 0.2) is 0 Å². The van der Waals surface area contributed by atoms with Crippen LogP contribution in [-0.4, -0.2) is 12.3 Å². The predicted molar refractivity (Wildman–Crippen MR) is 86.6 cm³/mol. The maximum Gasteiger partial charge on any atom is 0.0899 e. The Labute approximate surface area is 137 Å². The minimum Gasteiger partial charge on any atom is -0.370 e. The Morgan fingerprint density at radius 3 is 2.86 bits per heavy atom. The molecule has 0 aliphatic carbocycles. The van der Waals surface area contributed by atoms with Gasteiger partial charge in [-0.1, -0.05) is 35.3 Å². The van der Waals surface area contributed by atoms with Crippen LogP contribution in [0.25, 0.3) is 0 Å². The molecule has 0 atom stereocenters. The van der Waals surface area contributed by atoms with Crippen LogP contribution in [0.15, 0.2) is 30.3 Å². The summed E-state index contributed by atoms with van der Waals surface area (Å²) < 4.78 is 5.51. The van der Waals surface area contributed by atoms with E-state index in [4.69, 9.17) is 38.6 Å². The van der Waals surface area contributed by atoms with Crippen molar-refractivity contribution in [2.24, 2.45) is 0 Å². The smallest absolute Gasteiger partial charge is 0.0899 e. The molecule has 21 heavy (non-hydrogen) atoms. The summed E-state index contributed by atoms with van der Waals surface area (Å²) in [5.41, 5.74) is 1.19. The number of nitriles is 1. The normalized spacial score (nSPS) is 10.3. The molecule has 1 aromatic carbocycles. The van der Waals surface area contributed by atoms with Crippen LogP contribution in [0, 0.1) is 16.7 Å². The molecule has 6 heteroatoms. The average molecular weight is 339 g/mol. The first-order valence-electron chi connectivity index (χ1n) is 6.16. The van der Waals surface area contributed by atoms with Gasteiger partial charge in [-0.25, -0.2) is 0 Å². The van der Waals surface area contributed by atoms with Gasteiger partial charge < -0.3 is 10.1 Å². The Hall–Kier alpha value is -1.38. The van der Waals surface area contributed by atoms with Crippen molar-refractivity contribution in [3.63, 3.8) is 0 Å². The molecule has 0 bridgehead atoms. The molecule has 0 unspecified atom stereocenters. The summed E-state index contributed by atoms with van der Waals surface area (Å²) >= 11 is 13.4. The largest absolute Gasteiger partial charge is 0.370 e. The first-order valence-corrected chi connectivity index (χ1v) is 7.73. The lowest BCUT2D eigenvalue weighted by atomic mass is 10.2. The van der Waals surface area contributed by atoms with Crippen LogP contribution in [-0.2, 0) is 17.8 Å². The van der Waals surface area contributed by atoms with Gasteiger partial charge in [0.05, 0.1) is 46.3 Å². The lowest BCUT2D eigenvalue weighted by molar-refractivity contribution is 0.158. The van der Waals surface area contributed by atoms with Crippen molar-refractivity contribution in [3.05, 3.63) is 55.7 Å². The Balaban J connectivity index is 1.89. The second-order valence-corrected chi connectivity index (χ2v) is 6.24. The molecule has 108 valence electrons. The fourth-order valence-electron chi connectivity index (χ4n) is 1.71. The zero-order valence-corrected chi connectivity index (χ0v) is 13.4. The second-order valence-electron chi connectivity index (χ2n) is 4.29. The summed E-state index contributed by atoms with van der Waals surface area (Å²) in [4.78, 5) is 1.77. The Kier molecular flexibility index (Phi) is 5.77. The highest BCUT2D eigenvalue weighted by Crippen LogP contribution is 2.26. The molecule has 1 N–H and O–H groups in total. The van der Waals surface area contributed by atoms with Gasteiger partial charge in [0.1, 0.15) is 0 Å². The van der Waals surface area contributed by atoms with Crippen LogP contribution in [0.5, 0.6) is 0 Å². The van der Waals surface area contributed by atoms with E-state index in [-0.39, 0.29) is 6.61 Å². The number of nitrogens with one attached hydrogen (secondary N) is 1. The predicted octanol–water partition coefficient (Wildman–Crippen LogP) is 4.71. The number of rotatable bonds is 6. The van der Waals surface area contributed by atoms with E-state index in [2.05, 4.69) is 6.07 Å². The number of benzene rings is 1. The molecule has 0 radical (unpaired) electrons. The zero-order chi connectivity index (χ0) is 15.2. The van der Waals surface area contributed by atoms with Crippen LogP contribution in [0.2, 0.25) is 10.0 Å². The molecule has 0 spiro atoms. The standard InChI is InChI=1S/C15H12Cl2N2OS/c16-12-3-1-2-10(15(12)17)8-20-9-13(19)14-5-4-11(21-14)6-7-18/h1-5,19H,6,8-9H2. The number of nitrogens with zero attached hydrogens (tertiary/aromatic N) is 1. The molecule has 0 saturated carbocycles. The third-order valence-electron chi connectivity index (χ3n) is 2.75. The molecule has 2 rings (SSSR count). The highest BCUT2D eigenvalue weighted by atomic mass is 35.5. The van der Waals surface area contributed by atoms with E-state index < -0.39 is 0 Å². The first-order chi connectivity index (χ1) is 10.1. The van der Waals surface area contributed by atoms with E-state index in [1.54, 1.807) is 6.07 Å². The van der Waals surface area contributed by atoms with Gasteiger partial charge in [-0.05, 0) is 23.8 Å². The SMILES string of the molecule is N#CCc1ccc(C(=N)COCc2cccc(Cl)c2Cl)s1. The van der Waals surface area contributed by atoms with Gasteiger partial charge in [-0.15, -0.1) is 11.3 Å². The van der Waals surface area contributed by atoms with E-state index in [9.17, 15) is 0 Å². The summed E-state index contributed by atoms with van der Waals surface area (Å²) in [5.74, 6) is 0. The average Bonchev–Trinajstić information content (AvgIpc) is 2.92. The maximum absolute atomic E-state index is 8.64. The van der Waals surface area contributed by atoms with E-state index >= 15 is 0 Å². The van der Waals surface area contributed by atoms with Crippen molar-refractivity contribution >= 4 is 40.3 Å². The van der Waals surface area contributed by atoms with Crippen LogP contribution in [0.3, 0.4) is 0 Å². The van der Waals surface area contributed by atoms with Gasteiger partial charge in [-0.2, -0.15) is 5.26 Å². The molecule has 1 aromatic heterocycles. The molecule has 0 fully saturated rings. The topological polar surface area (TPSA) is 56.9 Å². The van der Waals surface area contributed by atoms with Crippen molar-refractivity contribution in [1.82, 2.24) is 0 Å². The molecular formula is C15H12Cl2N2OS. The van der Waals surface area contributed by atoms with Gasteiger partial charge in [0.2, 0.25) is 0 Å². The molecule has 0 aliphatic heterocycles. The third-order valence-corrected chi connectivity index (χ3v) is 4.75. The molecule has 0 amide bonds. The fourth-order valence-corrected chi connectivity index (χ4v) is 2.96. The summed E-state index contributed by atoms with van der Waals surface area (Å²) in [6, 6.07) is 11.2. The lowest BCUT2D eigenvalue weighted by Gasteiger charge is -2.07. The van der Waals surface area contributed by atoms with E-state index in [1.807, 2.05) is 24.3 Å². The number of ether oxygens (including phenoxy) is 1. The summed E-state index contributed by atoms with van der Waals surface area (Å²) in [7, 11) is 0. The summed E-state index contributed by atoms with van der Waals surface area (Å²) in [6.45, 7) is 0.494. The summed E-state index contributed by atoms with van der Waals surface area (Å²) in [5, 5.41) is 17.6. The van der Waals surface area contributed by atoms with E-state index in [0.29, 0.717) is 28.8 Å². The quantitative estimate of drug-likeness (QED) is 0.775. The molecular weight excluding hydrogens is 327 g/mol. The minimum atomic E-state index is 0.190. The minimum absolute atomic E-state index is 0.190. The van der Waals surface area contributed by atoms with Crippen molar-refractivity contribution in [2.75, 3.05) is 6.61 Å².